The first-order valence-electron chi connectivity index (χ1n) is 5.10. The van der Waals surface area contributed by atoms with Crippen LogP contribution in [0.15, 0.2) is 0 Å². The topological polar surface area (TPSA) is 58.2 Å². The Balaban J connectivity index is 3.62. The largest absolute Gasteiger partial charge is 0.320 e. The van der Waals surface area contributed by atoms with E-state index in [1.165, 1.54) is 0 Å². The lowest BCUT2D eigenvalue weighted by atomic mass is 10.2. The maximum absolute atomic E-state index is 11.4. The number of sulfonamides is 1. The van der Waals surface area contributed by atoms with Crippen LogP contribution in [0.2, 0.25) is 0 Å². The van der Waals surface area contributed by atoms with Crippen molar-refractivity contribution in [3.63, 3.8) is 0 Å². The van der Waals surface area contributed by atoms with Crippen LogP contribution in [0.25, 0.3) is 0 Å². The number of rotatable bonds is 8. The molecule has 0 aliphatic rings. The average Bonchev–Trinajstić information content (AvgIpc) is 2.10. The van der Waals surface area contributed by atoms with Crippen LogP contribution in [0.1, 0.15) is 26.7 Å². The number of unbranched alkanes of at least 4 members (excludes halogenated alkanes) is 1. The molecule has 86 valence electrons. The second kappa shape index (κ2) is 7.20. The molecule has 14 heavy (non-hydrogen) atoms. The van der Waals surface area contributed by atoms with E-state index in [1.807, 2.05) is 20.9 Å². The molecule has 0 spiro atoms. The highest BCUT2D eigenvalue weighted by molar-refractivity contribution is 7.89. The maximum atomic E-state index is 11.4. The maximum Gasteiger partial charge on any atom is 0.211 e. The quantitative estimate of drug-likeness (QED) is 0.590. The van der Waals surface area contributed by atoms with Crippen LogP contribution in [-0.4, -0.2) is 34.3 Å². The average molecular weight is 222 g/mol. The Hall–Kier alpha value is -0.130. The van der Waals surface area contributed by atoms with E-state index < -0.39 is 10.0 Å². The number of hydrogen-bond donors (Lipinski definition) is 2. The molecule has 0 saturated heterocycles. The van der Waals surface area contributed by atoms with Crippen LogP contribution >= 0.6 is 0 Å². The molecular formula is C9H22N2O2S. The van der Waals surface area contributed by atoms with Crippen molar-refractivity contribution in [2.24, 2.45) is 5.92 Å². The summed E-state index contributed by atoms with van der Waals surface area (Å²) in [6, 6.07) is 0. The minimum Gasteiger partial charge on any atom is -0.320 e. The first-order chi connectivity index (χ1) is 6.48. The van der Waals surface area contributed by atoms with Gasteiger partial charge in [0.2, 0.25) is 10.0 Å². The fourth-order valence-electron chi connectivity index (χ4n) is 0.960. The van der Waals surface area contributed by atoms with Gasteiger partial charge in [0.1, 0.15) is 0 Å². The van der Waals surface area contributed by atoms with E-state index >= 15 is 0 Å². The van der Waals surface area contributed by atoms with Crippen molar-refractivity contribution in [2.75, 3.05) is 25.9 Å². The summed E-state index contributed by atoms with van der Waals surface area (Å²) in [6.45, 7) is 5.39. The molecule has 0 aromatic carbocycles. The first kappa shape index (κ1) is 13.9. The van der Waals surface area contributed by atoms with Crippen LogP contribution in [0.3, 0.4) is 0 Å². The Labute approximate surface area is 87.5 Å². The van der Waals surface area contributed by atoms with E-state index in [0.717, 1.165) is 13.0 Å². The Kier molecular flexibility index (Phi) is 7.13. The minimum atomic E-state index is -3.03. The molecule has 0 radical (unpaired) electrons. The van der Waals surface area contributed by atoms with Gasteiger partial charge in [-0.15, -0.1) is 0 Å². The molecule has 5 heteroatoms. The third kappa shape index (κ3) is 8.47. The summed E-state index contributed by atoms with van der Waals surface area (Å²) in [5, 5.41) is 2.99. The van der Waals surface area contributed by atoms with E-state index in [2.05, 4.69) is 10.0 Å². The van der Waals surface area contributed by atoms with Crippen molar-refractivity contribution in [3.8, 4) is 0 Å². The second-order valence-corrected chi connectivity index (χ2v) is 5.80. The molecule has 0 saturated carbocycles. The molecule has 0 aliphatic carbocycles. The standard InChI is InChI=1S/C9H22N2O2S/c1-9(2)8-11-14(12,13)7-5-4-6-10-3/h9-11H,4-8H2,1-3H3. The molecule has 0 aliphatic heterocycles. The lowest BCUT2D eigenvalue weighted by Crippen LogP contribution is -2.30. The molecule has 4 nitrogen and oxygen atoms in total. The molecule has 0 heterocycles. The summed E-state index contributed by atoms with van der Waals surface area (Å²) in [5.74, 6) is 0.601. The Bertz CT molecular complexity index is 225. The molecule has 0 rings (SSSR count). The molecule has 0 unspecified atom stereocenters. The fourth-order valence-corrected chi connectivity index (χ4v) is 2.28. The molecule has 0 fully saturated rings. The second-order valence-electron chi connectivity index (χ2n) is 3.87. The van der Waals surface area contributed by atoms with Gasteiger partial charge in [-0.1, -0.05) is 13.8 Å². The third-order valence-corrected chi connectivity index (χ3v) is 3.23. The normalized spacial score (nSPS) is 12.3. The van der Waals surface area contributed by atoms with Gasteiger partial charge in [0.15, 0.2) is 0 Å². The van der Waals surface area contributed by atoms with Crippen molar-refractivity contribution in [1.82, 2.24) is 10.0 Å². The molecule has 0 amide bonds. The third-order valence-electron chi connectivity index (χ3n) is 1.80. The fraction of sp³-hybridized carbons (Fsp3) is 1.00. The summed E-state index contributed by atoms with van der Waals surface area (Å²) in [7, 11) is -1.17. The van der Waals surface area contributed by atoms with Gasteiger partial charge in [-0.25, -0.2) is 13.1 Å². The van der Waals surface area contributed by atoms with E-state index in [4.69, 9.17) is 0 Å². The molecule has 0 atom stereocenters. The van der Waals surface area contributed by atoms with Crippen molar-refractivity contribution >= 4 is 10.0 Å². The van der Waals surface area contributed by atoms with E-state index in [-0.39, 0.29) is 5.75 Å². The zero-order chi connectivity index (χ0) is 11.0. The smallest absolute Gasteiger partial charge is 0.211 e. The predicted molar refractivity (Wildman–Crippen MR) is 59.8 cm³/mol. The lowest BCUT2D eigenvalue weighted by molar-refractivity contribution is 0.556. The Morgan fingerprint density at radius 2 is 1.86 bits per heavy atom. The van der Waals surface area contributed by atoms with Gasteiger partial charge in [-0.2, -0.15) is 0 Å². The van der Waals surface area contributed by atoms with Crippen molar-refractivity contribution < 1.29 is 8.42 Å². The highest BCUT2D eigenvalue weighted by atomic mass is 32.2. The van der Waals surface area contributed by atoms with E-state index in [0.29, 0.717) is 18.9 Å². The molecular weight excluding hydrogens is 200 g/mol. The summed E-state index contributed by atoms with van der Waals surface area (Å²) >= 11 is 0. The van der Waals surface area contributed by atoms with E-state index in [9.17, 15) is 8.42 Å². The van der Waals surface area contributed by atoms with Crippen LogP contribution in [-0.2, 0) is 10.0 Å². The van der Waals surface area contributed by atoms with E-state index in [1.54, 1.807) is 0 Å². The molecule has 0 aromatic rings. The monoisotopic (exact) mass is 222 g/mol. The summed E-state index contributed by atoms with van der Waals surface area (Å²) in [6.07, 6.45) is 1.62. The van der Waals surface area contributed by atoms with Gasteiger partial charge in [0, 0.05) is 6.54 Å². The number of hydrogen-bond acceptors (Lipinski definition) is 3. The summed E-state index contributed by atoms with van der Waals surface area (Å²) < 4.78 is 25.3. The zero-order valence-electron chi connectivity index (χ0n) is 9.34. The molecule has 0 bridgehead atoms. The highest BCUT2D eigenvalue weighted by Gasteiger charge is 2.09. The lowest BCUT2D eigenvalue weighted by Gasteiger charge is -2.08. The van der Waals surface area contributed by atoms with Crippen molar-refractivity contribution in [2.45, 2.75) is 26.7 Å². The minimum absolute atomic E-state index is 0.238. The number of nitrogens with one attached hydrogen (secondary N) is 2. The van der Waals surface area contributed by atoms with Gasteiger partial charge in [-0.3, -0.25) is 0 Å². The summed E-state index contributed by atoms with van der Waals surface area (Å²) in [4.78, 5) is 0. The first-order valence-corrected chi connectivity index (χ1v) is 6.75. The molecule has 0 aromatic heterocycles. The summed E-state index contributed by atoms with van der Waals surface area (Å²) in [5.41, 5.74) is 0. The van der Waals surface area contributed by atoms with Gasteiger partial charge in [0.25, 0.3) is 0 Å². The Morgan fingerprint density at radius 1 is 1.21 bits per heavy atom. The zero-order valence-corrected chi connectivity index (χ0v) is 10.2. The highest BCUT2D eigenvalue weighted by Crippen LogP contribution is 1.95. The van der Waals surface area contributed by atoms with Gasteiger partial charge in [-0.05, 0) is 32.4 Å². The molecule has 2 N–H and O–H groups in total. The van der Waals surface area contributed by atoms with Gasteiger partial charge in [0.05, 0.1) is 5.75 Å². The van der Waals surface area contributed by atoms with Crippen LogP contribution < -0.4 is 10.0 Å². The Morgan fingerprint density at radius 3 is 2.36 bits per heavy atom. The van der Waals surface area contributed by atoms with Crippen LogP contribution in [0.5, 0.6) is 0 Å². The van der Waals surface area contributed by atoms with Gasteiger partial charge < -0.3 is 5.32 Å². The van der Waals surface area contributed by atoms with Crippen molar-refractivity contribution in [1.29, 1.82) is 0 Å². The van der Waals surface area contributed by atoms with Gasteiger partial charge >= 0.3 is 0 Å². The van der Waals surface area contributed by atoms with Crippen molar-refractivity contribution in [3.05, 3.63) is 0 Å². The predicted octanol–water partition coefficient (Wildman–Crippen LogP) is 0.561. The van der Waals surface area contributed by atoms with Crippen LogP contribution in [0, 0.1) is 5.92 Å². The van der Waals surface area contributed by atoms with Crippen LogP contribution in [0.4, 0.5) is 0 Å². The SMILES string of the molecule is CNCCCCS(=O)(=O)NCC(C)C.